The van der Waals surface area contributed by atoms with E-state index in [2.05, 4.69) is 0 Å². The van der Waals surface area contributed by atoms with Crippen molar-refractivity contribution in [2.24, 2.45) is 0 Å². The molecule has 23 heavy (non-hydrogen) atoms. The fourth-order valence-electron chi connectivity index (χ4n) is 2.57. The van der Waals surface area contributed by atoms with Crippen LogP contribution in [0.15, 0.2) is 48.5 Å². The third-order valence-corrected chi connectivity index (χ3v) is 3.83. The molecule has 1 heterocycles. The van der Waals surface area contributed by atoms with Crippen LogP contribution < -0.4 is 9.47 Å². The van der Waals surface area contributed by atoms with E-state index >= 15 is 0 Å². The van der Waals surface area contributed by atoms with E-state index in [1.807, 2.05) is 12.1 Å². The predicted octanol–water partition coefficient (Wildman–Crippen LogP) is 3.01. The Hall–Kier alpha value is -2.56. The van der Waals surface area contributed by atoms with E-state index in [-0.39, 0.29) is 18.3 Å². The minimum atomic E-state index is -0.748. The van der Waals surface area contributed by atoms with Crippen LogP contribution in [0.3, 0.4) is 0 Å². The Balaban J connectivity index is 1.74. The van der Waals surface area contributed by atoms with Gasteiger partial charge in [-0.25, -0.2) is 4.39 Å². The van der Waals surface area contributed by atoms with Gasteiger partial charge in [-0.3, -0.25) is 4.79 Å². The molecule has 0 aromatic heterocycles. The minimum Gasteiger partial charge on any atom is -0.482 e. The molecular formula is C18H18FNO3. The topological polar surface area (TPSA) is 38.8 Å². The van der Waals surface area contributed by atoms with Gasteiger partial charge in [0.2, 0.25) is 6.10 Å². The van der Waals surface area contributed by atoms with Gasteiger partial charge in [-0.1, -0.05) is 30.3 Å². The quantitative estimate of drug-likeness (QED) is 0.874. The first-order chi connectivity index (χ1) is 11.1. The molecule has 2 atom stereocenters. The summed E-state index contributed by atoms with van der Waals surface area (Å²) in [4.78, 5) is 14.1. The van der Waals surface area contributed by atoms with Crippen molar-refractivity contribution in [3.63, 3.8) is 0 Å². The Morgan fingerprint density at radius 1 is 1.09 bits per heavy atom. The lowest BCUT2D eigenvalue weighted by Crippen LogP contribution is -2.49. The summed E-state index contributed by atoms with van der Waals surface area (Å²) in [6.45, 7) is 1.97. The second-order valence-electron chi connectivity index (χ2n) is 5.59. The zero-order valence-electron chi connectivity index (χ0n) is 13.0. The maximum Gasteiger partial charge on any atom is 0.267 e. The van der Waals surface area contributed by atoms with Crippen LogP contribution in [0.5, 0.6) is 11.5 Å². The summed E-state index contributed by atoms with van der Waals surface area (Å²) in [6.07, 6.45) is -1.16. The Labute approximate surface area is 134 Å². The highest BCUT2D eigenvalue weighted by molar-refractivity contribution is 5.82. The zero-order chi connectivity index (χ0) is 16.4. The third-order valence-electron chi connectivity index (χ3n) is 3.83. The highest BCUT2D eigenvalue weighted by Gasteiger charge is 2.35. The smallest absolute Gasteiger partial charge is 0.267 e. The van der Waals surface area contributed by atoms with Gasteiger partial charge in [-0.2, -0.15) is 0 Å². The number of benzene rings is 2. The molecule has 0 aliphatic carbocycles. The van der Waals surface area contributed by atoms with Crippen LogP contribution in [0.25, 0.3) is 0 Å². The number of para-hydroxylation sites is 2. The number of hydrogen-bond donors (Lipinski definition) is 0. The Morgan fingerprint density at radius 2 is 1.70 bits per heavy atom. The van der Waals surface area contributed by atoms with Crippen LogP contribution in [-0.4, -0.2) is 30.1 Å². The van der Waals surface area contributed by atoms with Crippen molar-refractivity contribution in [3.8, 4) is 11.5 Å². The molecule has 0 bridgehead atoms. The number of carbonyl (C=O) groups excluding carboxylic acids is 1. The maximum absolute atomic E-state index is 13.7. The van der Waals surface area contributed by atoms with Crippen LogP contribution >= 0.6 is 0 Å². The number of halogens is 1. The molecule has 0 saturated carbocycles. The summed E-state index contributed by atoms with van der Waals surface area (Å²) >= 11 is 0. The average molecular weight is 315 g/mol. The number of fused-ring (bicyclic) bond motifs is 1. The van der Waals surface area contributed by atoms with Gasteiger partial charge in [0.25, 0.3) is 5.91 Å². The largest absolute Gasteiger partial charge is 0.482 e. The molecule has 4 nitrogen and oxygen atoms in total. The number of rotatable bonds is 3. The van der Waals surface area contributed by atoms with E-state index in [9.17, 15) is 9.18 Å². The van der Waals surface area contributed by atoms with E-state index in [1.165, 1.54) is 11.0 Å². The lowest BCUT2D eigenvalue weighted by Gasteiger charge is -2.33. The molecule has 1 amide bonds. The standard InChI is InChI=1S/C18H18FNO3/c1-12-17(23-16-10-6-5-9-15(16)22-12)18(21)20(2)11-13-7-3-4-8-14(13)19/h3-10,12,17H,11H2,1-2H3/t12-,17+/m1/s1. The molecule has 0 unspecified atom stereocenters. The van der Waals surface area contributed by atoms with Gasteiger partial charge < -0.3 is 14.4 Å². The van der Waals surface area contributed by atoms with E-state index in [1.54, 1.807) is 44.3 Å². The highest BCUT2D eigenvalue weighted by Crippen LogP contribution is 2.33. The number of carbonyl (C=O) groups is 1. The lowest BCUT2D eigenvalue weighted by molar-refractivity contribution is -0.143. The maximum atomic E-state index is 13.7. The first kappa shape index (κ1) is 15.3. The molecule has 0 N–H and O–H groups in total. The molecule has 2 aromatic carbocycles. The molecule has 1 aliphatic rings. The van der Waals surface area contributed by atoms with Crippen molar-refractivity contribution in [1.29, 1.82) is 0 Å². The fraction of sp³-hybridized carbons (Fsp3) is 0.278. The van der Waals surface area contributed by atoms with Crippen molar-refractivity contribution >= 4 is 5.91 Å². The predicted molar refractivity (Wildman–Crippen MR) is 83.8 cm³/mol. The second-order valence-corrected chi connectivity index (χ2v) is 5.59. The van der Waals surface area contributed by atoms with Crippen molar-refractivity contribution < 1.29 is 18.7 Å². The normalized spacial score (nSPS) is 19.3. The number of nitrogens with zero attached hydrogens (tertiary/aromatic N) is 1. The molecule has 5 heteroatoms. The molecule has 3 rings (SSSR count). The zero-order valence-corrected chi connectivity index (χ0v) is 13.0. The number of hydrogen-bond acceptors (Lipinski definition) is 3. The molecule has 2 aromatic rings. The number of amides is 1. The Bertz CT molecular complexity index is 719. The molecule has 0 spiro atoms. The third kappa shape index (κ3) is 3.13. The molecule has 0 saturated heterocycles. The molecular weight excluding hydrogens is 297 g/mol. The SMILES string of the molecule is C[C@H]1Oc2ccccc2O[C@@H]1C(=O)N(C)Cc1ccccc1F. The second kappa shape index (κ2) is 6.28. The van der Waals surface area contributed by atoms with Crippen molar-refractivity contribution in [3.05, 3.63) is 59.9 Å². The van der Waals surface area contributed by atoms with Gasteiger partial charge >= 0.3 is 0 Å². The summed E-state index contributed by atoms with van der Waals surface area (Å²) in [5, 5.41) is 0. The van der Waals surface area contributed by atoms with Gasteiger partial charge in [0.05, 0.1) is 0 Å². The van der Waals surface area contributed by atoms with Crippen molar-refractivity contribution in [2.75, 3.05) is 7.05 Å². The van der Waals surface area contributed by atoms with Crippen LogP contribution in [0, 0.1) is 5.82 Å². The van der Waals surface area contributed by atoms with Crippen LogP contribution in [0.2, 0.25) is 0 Å². The summed E-state index contributed by atoms with van der Waals surface area (Å²) in [5.41, 5.74) is 0.466. The van der Waals surface area contributed by atoms with E-state index in [0.717, 1.165) is 0 Å². The van der Waals surface area contributed by atoms with Gasteiger partial charge in [0.1, 0.15) is 11.9 Å². The van der Waals surface area contributed by atoms with E-state index in [0.29, 0.717) is 17.1 Å². The number of likely N-dealkylation sites (N-methyl/N-ethyl adjacent to an activating group) is 1. The molecule has 0 radical (unpaired) electrons. The minimum absolute atomic E-state index is 0.180. The van der Waals surface area contributed by atoms with Crippen molar-refractivity contribution in [1.82, 2.24) is 4.90 Å². The molecule has 120 valence electrons. The monoisotopic (exact) mass is 315 g/mol. The average Bonchev–Trinajstić information content (AvgIpc) is 2.55. The lowest BCUT2D eigenvalue weighted by atomic mass is 10.1. The summed E-state index contributed by atoms with van der Waals surface area (Å²) in [6, 6.07) is 13.6. The van der Waals surface area contributed by atoms with Crippen LogP contribution in [0.4, 0.5) is 4.39 Å². The first-order valence-corrected chi connectivity index (χ1v) is 7.47. The highest BCUT2D eigenvalue weighted by atomic mass is 19.1. The van der Waals surface area contributed by atoms with Gasteiger partial charge in [-0.05, 0) is 25.1 Å². The Morgan fingerprint density at radius 3 is 2.39 bits per heavy atom. The van der Waals surface area contributed by atoms with Crippen LogP contribution in [-0.2, 0) is 11.3 Å². The van der Waals surface area contributed by atoms with Gasteiger partial charge in [0, 0.05) is 19.2 Å². The summed E-state index contributed by atoms with van der Waals surface area (Å²) < 4.78 is 25.3. The molecule has 0 fully saturated rings. The van der Waals surface area contributed by atoms with Gasteiger partial charge in [0.15, 0.2) is 11.5 Å². The van der Waals surface area contributed by atoms with Gasteiger partial charge in [-0.15, -0.1) is 0 Å². The summed E-state index contributed by atoms with van der Waals surface area (Å²) in [5.74, 6) is 0.602. The van der Waals surface area contributed by atoms with Crippen LogP contribution in [0.1, 0.15) is 12.5 Å². The first-order valence-electron chi connectivity index (χ1n) is 7.47. The van der Waals surface area contributed by atoms with Crippen molar-refractivity contribution in [2.45, 2.75) is 25.7 Å². The van der Waals surface area contributed by atoms with E-state index in [4.69, 9.17) is 9.47 Å². The van der Waals surface area contributed by atoms with E-state index < -0.39 is 12.2 Å². The number of ether oxygens (including phenoxy) is 2. The fourth-order valence-corrected chi connectivity index (χ4v) is 2.57. The molecule has 1 aliphatic heterocycles. The summed E-state index contributed by atoms with van der Waals surface area (Å²) in [7, 11) is 1.63. The Kier molecular flexibility index (Phi) is 4.19.